The van der Waals surface area contributed by atoms with Crippen LogP contribution in [0.1, 0.15) is 101 Å². The van der Waals surface area contributed by atoms with Crippen LogP contribution in [0, 0.1) is 10.8 Å². The van der Waals surface area contributed by atoms with Crippen molar-refractivity contribution in [2.75, 3.05) is 0 Å². The van der Waals surface area contributed by atoms with Gasteiger partial charge >= 0.3 is 0 Å². The van der Waals surface area contributed by atoms with Crippen LogP contribution < -0.4 is 0 Å². The molecule has 2 saturated carbocycles. The molecule has 0 amide bonds. The van der Waals surface area contributed by atoms with E-state index in [0.29, 0.717) is 6.42 Å². The average Bonchev–Trinajstić information content (AvgIpc) is 3.45. The first-order valence-corrected chi connectivity index (χ1v) is 16.3. The Bertz CT molecular complexity index is 1340. The van der Waals surface area contributed by atoms with Gasteiger partial charge in [-0.1, -0.05) is 99.6 Å². The Morgan fingerprint density at radius 2 is 1.14 bits per heavy atom. The fraction of sp³-hybridized carbons (Fsp3) is 0.550. The molecular formula is C40H56O3. The summed E-state index contributed by atoms with van der Waals surface area (Å²) in [6, 6.07) is 0. The maximum atomic E-state index is 10.4. The van der Waals surface area contributed by atoms with Gasteiger partial charge in [-0.15, -0.1) is 0 Å². The van der Waals surface area contributed by atoms with Crippen molar-refractivity contribution in [1.29, 1.82) is 0 Å². The summed E-state index contributed by atoms with van der Waals surface area (Å²) in [5.74, 6) is 0. The maximum absolute atomic E-state index is 10.4. The quantitative estimate of drug-likeness (QED) is 0.228. The molecule has 2 aliphatic carbocycles. The Hall–Kier alpha value is -2.46. The SMILES string of the molecule is CC(C=CC=C(C)C1C=C2C(C)(C)CCCC2(C)O1)=CC=CC=C(C)C=CC=C(C)C1C=C2C(C)(C)CC(O)CC2(C)O1. The highest BCUT2D eigenvalue weighted by Crippen LogP contribution is 2.53. The lowest BCUT2D eigenvalue weighted by molar-refractivity contribution is -0.0683. The van der Waals surface area contributed by atoms with Gasteiger partial charge < -0.3 is 14.6 Å². The molecule has 3 nitrogen and oxygen atoms in total. The molecular weight excluding hydrogens is 528 g/mol. The van der Waals surface area contributed by atoms with Crippen LogP contribution >= 0.6 is 0 Å². The van der Waals surface area contributed by atoms with E-state index in [0.717, 1.165) is 12.8 Å². The second kappa shape index (κ2) is 12.9. The van der Waals surface area contributed by atoms with Crippen molar-refractivity contribution in [1.82, 2.24) is 0 Å². The van der Waals surface area contributed by atoms with E-state index < -0.39 is 0 Å². The Kier molecular flexibility index (Phi) is 10.0. The minimum atomic E-state index is -0.377. The molecule has 2 aliphatic heterocycles. The summed E-state index contributed by atoms with van der Waals surface area (Å²) in [5, 5.41) is 10.4. The molecule has 4 rings (SSSR count). The van der Waals surface area contributed by atoms with Crippen LogP contribution in [-0.4, -0.2) is 34.6 Å². The number of aliphatic hydroxyl groups excluding tert-OH is 1. The summed E-state index contributed by atoms with van der Waals surface area (Å²) < 4.78 is 13.0. The van der Waals surface area contributed by atoms with Crippen LogP contribution in [0.3, 0.4) is 0 Å². The van der Waals surface area contributed by atoms with E-state index >= 15 is 0 Å². The van der Waals surface area contributed by atoms with Gasteiger partial charge in [-0.05, 0) is 113 Å². The Balaban J connectivity index is 1.29. The molecule has 0 aromatic heterocycles. The van der Waals surface area contributed by atoms with Gasteiger partial charge in [-0.3, -0.25) is 0 Å². The summed E-state index contributed by atoms with van der Waals surface area (Å²) in [7, 11) is 0. The van der Waals surface area contributed by atoms with Crippen molar-refractivity contribution >= 4 is 0 Å². The van der Waals surface area contributed by atoms with Crippen molar-refractivity contribution in [2.45, 2.75) is 131 Å². The topological polar surface area (TPSA) is 38.7 Å². The number of ether oxygens (including phenoxy) is 2. The molecule has 234 valence electrons. The molecule has 0 aromatic rings. The van der Waals surface area contributed by atoms with Gasteiger partial charge in [-0.25, -0.2) is 0 Å². The fourth-order valence-electron chi connectivity index (χ4n) is 7.74. The van der Waals surface area contributed by atoms with Crippen molar-refractivity contribution in [3.63, 3.8) is 0 Å². The lowest BCUT2D eigenvalue weighted by atomic mass is 9.65. The molecule has 0 radical (unpaired) electrons. The first kappa shape index (κ1) is 33.4. The molecule has 1 N–H and O–H groups in total. The highest BCUT2D eigenvalue weighted by atomic mass is 16.5. The molecule has 3 heteroatoms. The third kappa shape index (κ3) is 7.80. The maximum Gasteiger partial charge on any atom is 0.0982 e. The van der Waals surface area contributed by atoms with Crippen molar-refractivity contribution in [3.05, 3.63) is 106 Å². The zero-order valence-corrected chi connectivity index (χ0v) is 28.5. The van der Waals surface area contributed by atoms with Crippen molar-refractivity contribution in [2.24, 2.45) is 10.8 Å². The van der Waals surface area contributed by atoms with Gasteiger partial charge in [0, 0.05) is 6.42 Å². The van der Waals surface area contributed by atoms with Gasteiger partial charge in [-0.2, -0.15) is 0 Å². The summed E-state index contributed by atoms with van der Waals surface area (Å²) in [6.07, 6.45) is 30.7. The molecule has 0 spiro atoms. The summed E-state index contributed by atoms with van der Waals surface area (Å²) in [6.45, 7) is 22.1. The van der Waals surface area contributed by atoms with Crippen LogP contribution in [0.15, 0.2) is 106 Å². The molecule has 43 heavy (non-hydrogen) atoms. The van der Waals surface area contributed by atoms with Crippen LogP contribution in [0.5, 0.6) is 0 Å². The van der Waals surface area contributed by atoms with Crippen LogP contribution in [0.25, 0.3) is 0 Å². The lowest BCUT2D eigenvalue weighted by Gasteiger charge is -2.44. The van der Waals surface area contributed by atoms with Gasteiger partial charge in [0.15, 0.2) is 0 Å². The molecule has 0 saturated heterocycles. The van der Waals surface area contributed by atoms with Crippen molar-refractivity contribution < 1.29 is 14.6 Å². The number of allylic oxidation sites excluding steroid dienone is 12. The van der Waals surface area contributed by atoms with Gasteiger partial charge in [0.25, 0.3) is 0 Å². The first-order chi connectivity index (χ1) is 20.0. The van der Waals surface area contributed by atoms with Crippen LogP contribution in [0.2, 0.25) is 0 Å². The number of rotatable bonds is 8. The minimum absolute atomic E-state index is 0.0411. The molecule has 0 aromatic carbocycles. The smallest absolute Gasteiger partial charge is 0.0982 e. The Morgan fingerprint density at radius 1 is 0.651 bits per heavy atom. The molecule has 4 aliphatic rings. The van der Waals surface area contributed by atoms with E-state index in [9.17, 15) is 5.11 Å². The molecule has 0 bridgehead atoms. The minimum Gasteiger partial charge on any atom is -0.393 e. The summed E-state index contributed by atoms with van der Waals surface area (Å²) in [4.78, 5) is 0. The normalized spacial score (nSPS) is 35.1. The number of hydrogen-bond acceptors (Lipinski definition) is 3. The van der Waals surface area contributed by atoms with E-state index in [4.69, 9.17) is 9.47 Å². The predicted molar refractivity (Wildman–Crippen MR) is 182 cm³/mol. The zero-order valence-electron chi connectivity index (χ0n) is 28.5. The second-order valence-electron chi connectivity index (χ2n) is 15.1. The van der Waals surface area contributed by atoms with Gasteiger partial charge in [0.2, 0.25) is 0 Å². The average molecular weight is 585 g/mol. The zero-order chi connectivity index (χ0) is 31.6. The highest BCUT2D eigenvalue weighted by Gasteiger charge is 2.50. The Labute approximate surface area is 262 Å². The molecule has 2 heterocycles. The van der Waals surface area contributed by atoms with Gasteiger partial charge in [0.1, 0.15) is 0 Å². The largest absolute Gasteiger partial charge is 0.393 e. The van der Waals surface area contributed by atoms with E-state index in [1.807, 2.05) is 0 Å². The molecule has 2 fully saturated rings. The van der Waals surface area contributed by atoms with Crippen LogP contribution in [0.4, 0.5) is 0 Å². The van der Waals surface area contributed by atoms with E-state index in [1.54, 1.807) is 0 Å². The first-order valence-electron chi connectivity index (χ1n) is 16.3. The standard InChI is InChI=1S/C40H56O3/c1-28(18-13-20-30(3)33-24-35-37(5,6)22-15-23-39(35,9)42-33)16-11-12-17-29(2)19-14-21-31(4)34-25-36-38(7,8)26-32(41)27-40(36,10)43-34/h11-14,16-21,24-25,32-34,41H,15,22-23,26-27H2,1-10H3. The third-order valence-corrected chi connectivity index (χ3v) is 10.00. The molecule has 5 unspecified atom stereocenters. The van der Waals surface area contributed by atoms with Crippen LogP contribution in [-0.2, 0) is 9.47 Å². The third-order valence-electron chi connectivity index (χ3n) is 10.00. The second-order valence-corrected chi connectivity index (χ2v) is 15.1. The van der Waals surface area contributed by atoms with E-state index in [2.05, 4.69) is 142 Å². The number of aliphatic hydroxyl groups is 1. The Morgan fingerprint density at radius 3 is 1.65 bits per heavy atom. The summed E-state index contributed by atoms with van der Waals surface area (Å²) >= 11 is 0. The predicted octanol–water partition coefficient (Wildman–Crippen LogP) is 10.00. The lowest BCUT2D eigenvalue weighted by Crippen LogP contribution is -2.45. The fourth-order valence-corrected chi connectivity index (χ4v) is 7.74. The summed E-state index contributed by atoms with van der Waals surface area (Å²) in [5.41, 5.74) is 7.31. The van der Waals surface area contributed by atoms with E-state index in [1.165, 1.54) is 46.3 Å². The number of hydrogen-bond donors (Lipinski definition) is 1. The van der Waals surface area contributed by atoms with Crippen molar-refractivity contribution in [3.8, 4) is 0 Å². The highest BCUT2D eigenvalue weighted by molar-refractivity contribution is 5.38. The van der Waals surface area contributed by atoms with E-state index in [-0.39, 0.29) is 40.3 Å². The monoisotopic (exact) mass is 584 g/mol. The molecule has 5 atom stereocenters. The van der Waals surface area contributed by atoms with Gasteiger partial charge in [0.05, 0.1) is 29.5 Å². The number of fused-ring (bicyclic) bond motifs is 2.